The molecule has 4 fully saturated rings. The van der Waals surface area contributed by atoms with E-state index < -0.39 is 51.6 Å². The average Bonchev–Trinajstić information content (AvgIpc) is 3.84. The van der Waals surface area contributed by atoms with E-state index in [1.54, 1.807) is 42.0 Å². The number of amides is 3. The van der Waals surface area contributed by atoms with E-state index in [4.69, 9.17) is 9.47 Å². The van der Waals surface area contributed by atoms with E-state index >= 15 is 13.2 Å². The Kier molecular flexibility index (Phi) is 11.8. The number of rotatable bonds is 10. The van der Waals surface area contributed by atoms with Crippen LogP contribution in [0.4, 0.5) is 35.2 Å². The molecule has 4 aromatic rings. The number of aliphatic hydroxyl groups is 1. The summed E-state index contributed by atoms with van der Waals surface area (Å²) in [4.78, 5) is 34.0. The Balaban J connectivity index is 0.819. The van der Waals surface area contributed by atoms with Gasteiger partial charge in [-0.05, 0) is 92.5 Å². The minimum Gasteiger partial charge on any atom is -0.453 e. The molecule has 21 heteroatoms. The van der Waals surface area contributed by atoms with Gasteiger partial charge in [0.15, 0.2) is 23.6 Å². The number of hydrogen-bond donors (Lipinski definition) is 3. The van der Waals surface area contributed by atoms with Crippen LogP contribution in [0.5, 0.6) is 11.5 Å². The van der Waals surface area contributed by atoms with Crippen LogP contribution >= 0.6 is 0 Å². The van der Waals surface area contributed by atoms with Gasteiger partial charge in [-0.2, -0.15) is 23.1 Å². The van der Waals surface area contributed by atoms with Crippen molar-refractivity contribution in [1.29, 1.82) is 5.26 Å². The Morgan fingerprint density at radius 3 is 2.60 bits per heavy atom. The van der Waals surface area contributed by atoms with Crippen molar-refractivity contribution in [2.24, 2.45) is 12.0 Å². The van der Waals surface area contributed by atoms with Crippen molar-refractivity contribution in [3.8, 4) is 17.6 Å². The van der Waals surface area contributed by atoms with Crippen LogP contribution in [0, 0.1) is 23.0 Å². The maximum Gasteiger partial charge on any atom is 0.329 e. The minimum atomic E-state index is -4.03. The van der Waals surface area contributed by atoms with Gasteiger partial charge in [-0.25, -0.2) is 23.0 Å². The summed E-state index contributed by atoms with van der Waals surface area (Å²) in [5, 5.41) is 28.8. The summed E-state index contributed by atoms with van der Waals surface area (Å²) in [7, 11) is -0.969. The molecule has 1 spiro atoms. The van der Waals surface area contributed by atoms with Crippen molar-refractivity contribution in [3.63, 3.8) is 0 Å². The van der Waals surface area contributed by atoms with Crippen LogP contribution in [0.3, 0.4) is 0 Å². The Morgan fingerprint density at radius 2 is 1.88 bits per heavy atom. The number of alkyl halides is 1. The molecule has 9 rings (SSSR count). The highest BCUT2D eigenvalue weighted by Gasteiger charge is 2.48. The number of imide groups is 1. The Bertz CT molecular complexity index is 2740. The summed E-state index contributed by atoms with van der Waals surface area (Å²) in [6.07, 6.45) is 2.51. The first-order valence-corrected chi connectivity index (χ1v) is 23.1. The maximum atomic E-state index is 16.2. The van der Waals surface area contributed by atoms with E-state index in [1.165, 1.54) is 30.1 Å². The van der Waals surface area contributed by atoms with E-state index in [1.807, 2.05) is 6.07 Å². The van der Waals surface area contributed by atoms with Crippen LogP contribution in [-0.2, 0) is 26.8 Å². The first-order chi connectivity index (χ1) is 31.1. The maximum absolute atomic E-state index is 16.2. The van der Waals surface area contributed by atoms with Crippen molar-refractivity contribution in [2.45, 2.75) is 87.9 Å². The van der Waals surface area contributed by atoms with Gasteiger partial charge in [0, 0.05) is 63.7 Å². The van der Waals surface area contributed by atoms with Gasteiger partial charge >= 0.3 is 16.2 Å². The van der Waals surface area contributed by atoms with E-state index in [0.717, 1.165) is 16.4 Å². The molecular formula is C44H49F3N10O7S. The molecule has 5 aliphatic rings. The molecule has 4 aliphatic heterocycles. The number of likely N-dealkylation sites (tertiary alicyclic amines) is 1. The van der Waals surface area contributed by atoms with Gasteiger partial charge in [-0.15, -0.1) is 0 Å². The number of anilines is 2. The van der Waals surface area contributed by atoms with Crippen molar-refractivity contribution >= 4 is 56.6 Å². The zero-order valence-corrected chi connectivity index (χ0v) is 36.8. The first kappa shape index (κ1) is 44.4. The van der Waals surface area contributed by atoms with Gasteiger partial charge in [0.25, 0.3) is 0 Å². The SMILES string of the molecule is CCN(C)S(=O)(=O)Nc1ccc(F)c(Oc2ccc3c(c2)C(O)N([C@H]2COC4(CCN([C@@H]5CC[C@H](c6cc7c(cc6F)c(N6CCC(=O)NC6=O)nn7C)CC5F)CC4)C2)C=N3)c1C#N. The zero-order chi connectivity index (χ0) is 45.9. The number of benzene rings is 3. The second kappa shape index (κ2) is 17.2. The van der Waals surface area contributed by atoms with E-state index in [2.05, 4.69) is 25.0 Å². The number of aryl methyl sites for hydroxylation is 1. The molecule has 5 atom stereocenters. The molecule has 1 aliphatic carbocycles. The zero-order valence-electron chi connectivity index (χ0n) is 36.0. The number of aromatic nitrogens is 2. The van der Waals surface area contributed by atoms with Crippen LogP contribution in [0.2, 0.25) is 0 Å². The Labute approximate surface area is 373 Å². The fraction of sp³-hybridized carbons (Fsp3) is 0.477. The molecule has 5 heterocycles. The third kappa shape index (κ3) is 8.26. The molecule has 2 unspecified atom stereocenters. The van der Waals surface area contributed by atoms with Crippen molar-refractivity contribution in [3.05, 3.63) is 70.8 Å². The van der Waals surface area contributed by atoms with Crippen LogP contribution in [0.25, 0.3) is 10.9 Å². The van der Waals surface area contributed by atoms with Gasteiger partial charge in [-0.1, -0.05) is 6.92 Å². The van der Waals surface area contributed by atoms with Gasteiger partial charge in [-0.3, -0.25) is 29.3 Å². The van der Waals surface area contributed by atoms with Crippen LogP contribution in [-0.4, -0.2) is 119 Å². The lowest BCUT2D eigenvalue weighted by Gasteiger charge is -2.45. The van der Waals surface area contributed by atoms with Crippen molar-refractivity contribution < 1.29 is 45.8 Å². The number of nitrogens with one attached hydrogen (secondary N) is 2. The average molecular weight is 919 g/mol. The molecule has 3 N–H and O–H groups in total. The predicted molar refractivity (Wildman–Crippen MR) is 233 cm³/mol. The monoisotopic (exact) mass is 918 g/mol. The number of halogens is 3. The smallest absolute Gasteiger partial charge is 0.329 e. The van der Waals surface area contributed by atoms with Gasteiger partial charge in [0.1, 0.15) is 29.4 Å². The number of nitrogens with zero attached hydrogens (tertiary/aromatic N) is 8. The quantitative estimate of drug-likeness (QED) is 0.173. The number of nitriles is 1. The standard InChI is InChI=1S/C44H49F3N10O7S/c1-4-53(2)65(61,62)52-36-9-7-32(45)40(31(36)22-48)64-27-6-8-35-29(18-27)42(59)57(24-49-35)26-21-44(63-23-26)12-15-55(16-13-44)37-10-5-25(17-34(37)47)28-20-38-30(19-33(28)46)41(51-54(38)3)56-14-11-39(58)50-43(56)60/h6-9,18-20,24-26,34,37,42,52,59H,4-5,10-17,21,23H2,1-3H3,(H,50,58,60)/t25-,26+,34?,37+,42?/m0/s1. The van der Waals surface area contributed by atoms with Gasteiger partial charge < -0.3 is 19.5 Å². The molecule has 17 nitrogen and oxygen atoms in total. The molecule has 3 aromatic carbocycles. The highest BCUT2D eigenvalue weighted by Crippen LogP contribution is 2.45. The summed E-state index contributed by atoms with van der Waals surface area (Å²) in [5.74, 6) is -2.23. The highest BCUT2D eigenvalue weighted by atomic mass is 32.2. The third-order valence-electron chi connectivity index (χ3n) is 13.7. The molecule has 3 amide bonds. The lowest BCUT2D eigenvalue weighted by atomic mass is 9.78. The number of aliphatic hydroxyl groups excluding tert-OH is 1. The van der Waals surface area contributed by atoms with Gasteiger partial charge in [0.05, 0.1) is 41.5 Å². The minimum absolute atomic E-state index is 0.0891. The molecule has 3 saturated heterocycles. The summed E-state index contributed by atoms with van der Waals surface area (Å²) < 4.78 is 89.8. The Morgan fingerprint density at radius 1 is 1.09 bits per heavy atom. The van der Waals surface area contributed by atoms with Crippen LogP contribution in [0.15, 0.2) is 47.5 Å². The number of piperidine rings is 1. The fourth-order valence-corrected chi connectivity index (χ4v) is 10.8. The lowest BCUT2D eigenvalue weighted by Crippen LogP contribution is -2.52. The van der Waals surface area contributed by atoms with Crippen molar-refractivity contribution in [2.75, 3.05) is 49.5 Å². The van der Waals surface area contributed by atoms with Gasteiger partial charge in [0.2, 0.25) is 5.91 Å². The molecule has 0 radical (unpaired) electrons. The number of ether oxygens (including phenoxy) is 2. The number of carbonyl (C=O) groups excluding carboxylic acids is 2. The van der Waals surface area contributed by atoms with Crippen LogP contribution in [0.1, 0.15) is 80.7 Å². The lowest BCUT2D eigenvalue weighted by molar-refractivity contribution is -0.120. The summed E-state index contributed by atoms with van der Waals surface area (Å²) in [5.41, 5.74) is 0.852. The second-order valence-corrected chi connectivity index (χ2v) is 19.2. The molecule has 0 bridgehead atoms. The van der Waals surface area contributed by atoms with E-state index in [-0.39, 0.29) is 72.7 Å². The Hall–Kier alpha value is -5.79. The summed E-state index contributed by atoms with van der Waals surface area (Å²) in [6, 6.07) is 10.5. The second-order valence-electron chi connectivity index (χ2n) is 17.4. The number of urea groups is 1. The highest BCUT2D eigenvalue weighted by molar-refractivity contribution is 7.90. The third-order valence-corrected chi connectivity index (χ3v) is 15.2. The van der Waals surface area contributed by atoms with Crippen LogP contribution < -0.4 is 19.7 Å². The largest absolute Gasteiger partial charge is 0.453 e. The topological polar surface area (TPSA) is 198 Å². The number of carbonyl (C=O) groups is 2. The first-order valence-electron chi connectivity index (χ1n) is 21.7. The summed E-state index contributed by atoms with van der Waals surface area (Å²) in [6.45, 7) is 3.46. The molecule has 1 aromatic heterocycles. The normalized spacial score (nSPS) is 24.7. The number of aliphatic imine (C=N–C) groups is 1. The van der Waals surface area contributed by atoms with E-state index in [0.29, 0.717) is 79.5 Å². The molecule has 1 saturated carbocycles. The molecule has 344 valence electrons. The predicted octanol–water partition coefficient (Wildman–Crippen LogP) is 5.83. The van der Waals surface area contributed by atoms with Crippen molar-refractivity contribution in [1.82, 2.24) is 29.2 Å². The van der Waals surface area contributed by atoms with E-state index in [9.17, 15) is 28.4 Å². The molecular weight excluding hydrogens is 870 g/mol. The summed E-state index contributed by atoms with van der Waals surface area (Å²) >= 11 is 0. The molecule has 65 heavy (non-hydrogen) atoms. The number of hydrogen-bond acceptors (Lipinski definition) is 12. The fourth-order valence-electron chi connectivity index (χ4n) is 9.89. The number of fused-ring (bicyclic) bond motifs is 2.